The van der Waals surface area contributed by atoms with Gasteiger partial charge in [0.25, 0.3) is 0 Å². The molecule has 0 radical (unpaired) electrons. The second kappa shape index (κ2) is 4.63. The molecule has 3 nitrogen and oxygen atoms in total. The summed E-state index contributed by atoms with van der Waals surface area (Å²) in [6, 6.07) is 2.66. The summed E-state index contributed by atoms with van der Waals surface area (Å²) in [6.07, 6.45) is 9.14. The first-order chi connectivity index (χ1) is 7.84. The molecule has 3 heteroatoms. The first kappa shape index (κ1) is 11.0. The van der Waals surface area contributed by atoms with Crippen LogP contribution < -0.4 is 5.73 Å². The van der Waals surface area contributed by atoms with Crippen LogP contribution in [-0.4, -0.2) is 42.3 Å². The molecule has 0 aromatic carbocycles. The molecule has 3 unspecified atom stereocenters. The van der Waals surface area contributed by atoms with E-state index in [1.165, 1.54) is 44.9 Å². The first-order valence-corrected chi connectivity index (χ1v) is 6.95. The van der Waals surface area contributed by atoms with Crippen LogP contribution in [0.2, 0.25) is 0 Å². The van der Waals surface area contributed by atoms with Crippen LogP contribution in [0.25, 0.3) is 0 Å². The van der Waals surface area contributed by atoms with Gasteiger partial charge in [-0.1, -0.05) is 6.42 Å². The molecule has 3 rings (SSSR count). The summed E-state index contributed by atoms with van der Waals surface area (Å²) in [7, 11) is 0. The Morgan fingerprint density at radius 3 is 2.25 bits per heavy atom. The van der Waals surface area contributed by atoms with Crippen LogP contribution in [0.3, 0.4) is 0 Å². The van der Waals surface area contributed by atoms with Crippen LogP contribution in [0, 0.1) is 0 Å². The fourth-order valence-electron chi connectivity index (χ4n) is 4.01. The van der Waals surface area contributed by atoms with Crippen molar-refractivity contribution in [2.45, 2.75) is 69.1 Å². The monoisotopic (exact) mass is 224 g/mol. The van der Waals surface area contributed by atoms with E-state index in [4.69, 9.17) is 10.5 Å². The topological polar surface area (TPSA) is 38.5 Å². The standard InChI is InChI=1S/C13H24N2O/c14-10-7-11-3-1-4-12(8-10)15(11)13-5-2-6-16-9-13/h10-13H,1-9,14H2. The molecule has 3 aliphatic rings. The molecule has 3 atom stereocenters. The van der Waals surface area contributed by atoms with Crippen LogP contribution in [0.4, 0.5) is 0 Å². The lowest BCUT2D eigenvalue weighted by Crippen LogP contribution is -2.60. The van der Waals surface area contributed by atoms with Gasteiger partial charge in [0.2, 0.25) is 0 Å². The van der Waals surface area contributed by atoms with Gasteiger partial charge in [-0.2, -0.15) is 0 Å². The smallest absolute Gasteiger partial charge is 0.0622 e. The van der Waals surface area contributed by atoms with Crippen molar-refractivity contribution >= 4 is 0 Å². The van der Waals surface area contributed by atoms with Crippen LogP contribution in [0.15, 0.2) is 0 Å². The predicted molar refractivity (Wildman–Crippen MR) is 64.3 cm³/mol. The third-order valence-electron chi connectivity index (χ3n) is 4.63. The summed E-state index contributed by atoms with van der Waals surface area (Å²) in [5.41, 5.74) is 6.16. The fraction of sp³-hybridized carbons (Fsp3) is 1.00. The summed E-state index contributed by atoms with van der Waals surface area (Å²) < 4.78 is 5.65. The maximum atomic E-state index is 6.16. The summed E-state index contributed by atoms with van der Waals surface area (Å²) in [5.74, 6) is 0. The molecule has 2 N–H and O–H groups in total. The van der Waals surface area contributed by atoms with E-state index in [1.54, 1.807) is 0 Å². The largest absolute Gasteiger partial charge is 0.380 e. The summed E-state index contributed by atoms with van der Waals surface area (Å²) >= 11 is 0. The highest BCUT2D eigenvalue weighted by Gasteiger charge is 2.40. The second-order valence-corrected chi connectivity index (χ2v) is 5.79. The molecule has 0 saturated carbocycles. The van der Waals surface area contributed by atoms with E-state index in [-0.39, 0.29) is 0 Å². The molecule has 0 aromatic heterocycles. The van der Waals surface area contributed by atoms with Gasteiger partial charge in [-0.05, 0) is 38.5 Å². The number of hydrogen-bond donors (Lipinski definition) is 1. The second-order valence-electron chi connectivity index (χ2n) is 5.79. The lowest BCUT2D eigenvalue weighted by atomic mass is 9.80. The minimum atomic E-state index is 0.455. The van der Waals surface area contributed by atoms with E-state index in [0.717, 1.165) is 25.3 Å². The van der Waals surface area contributed by atoms with E-state index in [1.807, 2.05) is 0 Å². The number of ether oxygens (including phenoxy) is 1. The van der Waals surface area contributed by atoms with Crippen LogP contribution in [0.1, 0.15) is 44.9 Å². The zero-order valence-electron chi connectivity index (χ0n) is 10.1. The zero-order chi connectivity index (χ0) is 11.0. The molecule has 3 aliphatic heterocycles. The molecular formula is C13H24N2O. The molecule has 3 fully saturated rings. The van der Waals surface area contributed by atoms with E-state index in [0.29, 0.717) is 12.1 Å². The van der Waals surface area contributed by atoms with Crippen molar-refractivity contribution in [3.05, 3.63) is 0 Å². The number of rotatable bonds is 1. The Kier molecular flexibility index (Phi) is 3.18. The number of hydrogen-bond acceptors (Lipinski definition) is 3. The Hall–Kier alpha value is -0.120. The lowest BCUT2D eigenvalue weighted by Gasteiger charge is -2.52. The number of nitrogens with zero attached hydrogens (tertiary/aromatic N) is 1. The van der Waals surface area contributed by atoms with Crippen LogP contribution >= 0.6 is 0 Å². The normalized spacial score (nSPS) is 45.6. The van der Waals surface area contributed by atoms with E-state index < -0.39 is 0 Å². The molecule has 0 amide bonds. The molecule has 0 aromatic rings. The molecule has 2 bridgehead atoms. The van der Waals surface area contributed by atoms with Gasteiger partial charge in [0.15, 0.2) is 0 Å². The Balaban J connectivity index is 1.72. The molecule has 0 aliphatic carbocycles. The Morgan fingerprint density at radius 1 is 0.938 bits per heavy atom. The minimum Gasteiger partial charge on any atom is -0.380 e. The van der Waals surface area contributed by atoms with Crippen LogP contribution in [0.5, 0.6) is 0 Å². The Labute approximate surface area is 98.3 Å². The van der Waals surface area contributed by atoms with Crippen LogP contribution in [-0.2, 0) is 4.74 Å². The van der Waals surface area contributed by atoms with E-state index in [9.17, 15) is 0 Å². The van der Waals surface area contributed by atoms with Gasteiger partial charge in [0.05, 0.1) is 6.61 Å². The highest BCUT2D eigenvalue weighted by molar-refractivity contribution is 4.97. The maximum absolute atomic E-state index is 6.16. The first-order valence-electron chi connectivity index (χ1n) is 6.95. The van der Waals surface area contributed by atoms with E-state index in [2.05, 4.69) is 4.90 Å². The molecule has 16 heavy (non-hydrogen) atoms. The van der Waals surface area contributed by atoms with Crippen molar-refractivity contribution in [2.75, 3.05) is 13.2 Å². The zero-order valence-corrected chi connectivity index (χ0v) is 10.1. The van der Waals surface area contributed by atoms with Crippen molar-refractivity contribution in [3.8, 4) is 0 Å². The van der Waals surface area contributed by atoms with Gasteiger partial charge in [-0.3, -0.25) is 4.90 Å². The fourth-order valence-corrected chi connectivity index (χ4v) is 4.01. The van der Waals surface area contributed by atoms with Gasteiger partial charge in [-0.25, -0.2) is 0 Å². The Bertz CT molecular complexity index is 219. The highest BCUT2D eigenvalue weighted by atomic mass is 16.5. The molecule has 3 heterocycles. The van der Waals surface area contributed by atoms with Crippen molar-refractivity contribution in [2.24, 2.45) is 5.73 Å². The maximum Gasteiger partial charge on any atom is 0.0622 e. The SMILES string of the molecule is NC1CC2CCCC(C1)N2C1CCCOC1. The third-order valence-corrected chi connectivity index (χ3v) is 4.63. The van der Waals surface area contributed by atoms with Crippen molar-refractivity contribution < 1.29 is 4.74 Å². The quantitative estimate of drug-likeness (QED) is 0.734. The van der Waals surface area contributed by atoms with Crippen molar-refractivity contribution in [1.82, 2.24) is 4.90 Å². The van der Waals surface area contributed by atoms with Crippen molar-refractivity contribution in [3.63, 3.8) is 0 Å². The van der Waals surface area contributed by atoms with Gasteiger partial charge in [-0.15, -0.1) is 0 Å². The number of fused-ring (bicyclic) bond motifs is 2. The van der Waals surface area contributed by atoms with Gasteiger partial charge in [0, 0.05) is 30.8 Å². The average Bonchev–Trinajstić information content (AvgIpc) is 2.29. The molecule has 0 spiro atoms. The van der Waals surface area contributed by atoms with Crippen molar-refractivity contribution in [1.29, 1.82) is 0 Å². The lowest BCUT2D eigenvalue weighted by molar-refractivity contribution is -0.0599. The highest BCUT2D eigenvalue weighted by Crippen LogP contribution is 2.36. The van der Waals surface area contributed by atoms with Gasteiger partial charge in [0.1, 0.15) is 0 Å². The third kappa shape index (κ3) is 2.01. The molecule has 92 valence electrons. The van der Waals surface area contributed by atoms with E-state index >= 15 is 0 Å². The number of nitrogens with two attached hydrogens (primary N) is 1. The van der Waals surface area contributed by atoms with Gasteiger partial charge >= 0.3 is 0 Å². The summed E-state index contributed by atoms with van der Waals surface area (Å²) in [6.45, 7) is 1.93. The molecular weight excluding hydrogens is 200 g/mol. The van der Waals surface area contributed by atoms with Gasteiger partial charge < -0.3 is 10.5 Å². The Morgan fingerprint density at radius 2 is 1.62 bits per heavy atom. The molecule has 3 saturated heterocycles. The number of piperidine rings is 2. The minimum absolute atomic E-state index is 0.455. The predicted octanol–water partition coefficient (Wildman–Crippen LogP) is 1.51. The summed E-state index contributed by atoms with van der Waals surface area (Å²) in [4.78, 5) is 2.78. The summed E-state index contributed by atoms with van der Waals surface area (Å²) in [5, 5.41) is 0. The average molecular weight is 224 g/mol.